The highest BCUT2D eigenvalue weighted by Gasteiger charge is 2.09. The van der Waals surface area contributed by atoms with E-state index < -0.39 is 0 Å². The molecule has 0 amide bonds. The maximum atomic E-state index is 3.63. The van der Waals surface area contributed by atoms with Crippen molar-refractivity contribution < 1.29 is 0 Å². The van der Waals surface area contributed by atoms with Crippen LogP contribution in [0.2, 0.25) is 0 Å². The Kier molecular flexibility index (Phi) is 6.71. The van der Waals surface area contributed by atoms with Gasteiger partial charge in [0, 0.05) is 9.61 Å². The highest BCUT2D eigenvalue weighted by Crippen LogP contribution is 2.14. The van der Waals surface area contributed by atoms with Gasteiger partial charge >= 0.3 is 0 Å². The Labute approximate surface area is 142 Å². The second-order valence-electron chi connectivity index (χ2n) is 5.55. The summed E-state index contributed by atoms with van der Waals surface area (Å²) in [5.74, 6) is 0. The average molecular weight is 393 g/mol. The van der Waals surface area contributed by atoms with Gasteiger partial charge in [0.2, 0.25) is 0 Å². The van der Waals surface area contributed by atoms with Crippen LogP contribution in [0.25, 0.3) is 0 Å². The zero-order valence-electron chi connectivity index (χ0n) is 12.9. The molecule has 0 bridgehead atoms. The number of halogens is 1. The molecule has 2 heteroatoms. The van der Waals surface area contributed by atoms with Gasteiger partial charge < -0.3 is 5.32 Å². The molecular weight excluding hydrogens is 369 g/mol. The number of aryl methyl sites for hydroxylation is 2. The zero-order valence-corrected chi connectivity index (χ0v) is 15.1. The highest BCUT2D eigenvalue weighted by atomic mass is 127. The molecule has 0 aromatic heterocycles. The molecule has 0 heterocycles. The Morgan fingerprint density at radius 3 is 2.43 bits per heavy atom. The van der Waals surface area contributed by atoms with E-state index in [1.165, 1.54) is 26.7 Å². The largest absolute Gasteiger partial charge is 0.314 e. The predicted molar refractivity (Wildman–Crippen MR) is 99.8 cm³/mol. The Morgan fingerprint density at radius 2 is 1.76 bits per heavy atom. The summed E-state index contributed by atoms with van der Waals surface area (Å²) in [6.45, 7) is 5.42. The molecule has 0 aliphatic heterocycles. The van der Waals surface area contributed by atoms with E-state index in [9.17, 15) is 0 Å². The van der Waals surface area contributed by atoms with Crippen LogP contribution in [-0.4, -0.2) is 12.6 Å². The van der Waals surface area contributed by atoms with Gasteiger partial charge in [-0.25, -0.2) is 0 Å². The first kappa shape index (κ1) is 16.5. The van der Waals surface area contributed by atoms with E-state index in [0.29, 0.717) is 6.04 Å². The summed E-state index contributed by atoms with van der Waals surface area (Å²) >= 11 is 2.36. The molecule has 0 saturated carbocycles. The van der Waals surface area contributed by atoms with E-state index in [0.717, 1.165) is 19.4 Å². The minimum atomic E-state index is 0.551. The number of likely N-dealkylation sites (N-methyl/N-ethyl adjacent to an activating group) is 1. The van der Waals surface area contributed by atoms with Gasteiger partial charge in [0.05, 0.1) is 0 Å². The molecule has 2 aromatic rings. The molecule has 0 radical (unpaired) electrons. The summed E-state index contributed by atoms with van der Waals surface area (Å²) in [6.07, 6.45) is 3.44. The fourth-order valence-corrected chi connectivity index (χ4v) is 3.05. The molecule has 112 valence electrons. The SMILES string of the molecule is CCNC(CCc1ccccc1C)Cc1ccc(I)cc1. The number of hydrogen-bond donors (Lipinski definition) is 1. The summed E-state index contributed by atoms with van der Waals surface area (Å²) in [4.78, 5) is 0. The molecule has 0 aliphatic rings. The maximum Gasteiger partial charge on any atom is 0.0130 e. The van der Waals surface area contributed by atoms with Crippen molar-refractivity contribution in [2.75, 3.05) is 6.54 Å². The van der Waals surface area contributed by atoms with E-state index in [-0.39, 0.29) is 0 Å². The maximum absolute atomic E-state index is 3.63. The quantitative estimate of drug-likeness (QED) is 0.670. The second kappa shape index (κ2) is 8.54. The lowest BCUT2D eigenvalue weighted by molar-refractivity contribution is 0.490. The van der Waals surface area contributed by atoms with Crippen LogP contribution in [0.1, 0.15) is 30.0 Å². The normalized spacial score (nSPS) is 12.3. The third-order valence-corrected chi connectivity index (χ3v) is 4.63. The third kappa shape index (κ3) is 5.44. The molecule has 0 fully saturated rings. The topological polar surface area (TPSA) is 12.0 Å². The van der Waals surface area contributed by atoms with Crippen LogP contribution in [0.5, 0.6) is 0 Å². The lowest BCUT2D eigenvalue weighted by Crippen LogP contribution is -2.31. The van der Waals surface area contributed by atoms with Gasteiger partial charge in [0.15, 0.2) is 0 Å². The summed E-state index contributed by atoms with van der Waals surface area (Å²) < 4.78 is 1.30. The van der Waals surface area contributed by atoms with E-state index >= 15 is 0 Å². The van der Waals surface area contributed by atoms with Gasteiger partial charge in [-0.1, -0.05) is 43.3 Å². The minimum Gasteiger partial charge on any atom is -0.314 e. The predicted octanol–water partition coefficient (Wildman–Crippen LogP) is 4.75. The average Bonchev–Trinajstić information content (AvgIpc) is 2.49. The van der Waals surface area contributed by atoms with E-state index in [2.05, 4.69) is 90.3 Å². The Bertz CT molecular complexity index is 548. The molecular formula is C19H24IN. The molecule has 0 saturated heterocycles. The minimum absolute atomic E-state index is 0.551. The molecule has 0 aliphatic carbocycles. The number of nitrogens with one attached hydrogen (secondary N) is 1. The smallest absolute Gasteiger partial charge is 0.0130 e. The summed E-state index contributed by atoms with van der Waals surface area (Å²) in [5, 5.41) is 3.63. The van der Waals surface area contributed by atoms with Crippen LogP contribution in [0.4, 0.5) is 0 Å². The van der Waals surface area contributed by atoms with Crippen molar-refractivity contribution in [1.29, 1.82) is 0 Å². The van der Waals surface area contributed by atoms with Crippen molar-refractivity contribution in [3.63, 3.8) is 0 Å². The van der Waals surface area contributed by atoms with Crippen molar-refractivity contribution in [2.24, 2.45) is 0 Å². The monoisotopic (exact) mass is 393 g/mol. The van der Waals surface area contributed by atoms with Crippen LogP contribution in [0.15, 0.2) is 48.5 Å². The van der Waals surface area contributed by atoms with Crippen molar-refractivity contribution in [1.82, 2.24) is 5.32 Å². The van der Waals surface area contributed by atoms with Crippen LogP contribution in [0.3, 0.4) is 0 Å². The van der Waals surface area contributed by atoms with Crippen molar-refractivity contribution >= 4 is 22.6 Å². The van der Waals surface area contributed by atoms with Gasteiger partial charge in [0.1, 0.15) is 0 Å². The van der Waals surface area contributed by atoms with Gasteiger partial charge in [-0.05, 0) is 84.1 Å². The highest BCUT2D eigenvalue weighted by molar-refractivity contribution is 14.1. The van der Waals surface area contributed by atoms with Crippen LogP contribution < -0.4 is 5.32 Å². The van der Waals surface area contributed by atoms with Gasteiger partial charge in [-0.2, -0.15) is 0 Å². The standard InChI is InChI=1S/C19H24IN/c1-3-21-19(14-16-8-11-18(20)12-9-16)13-10-17-7-5-4-6-15(17)2/h4-9,11-12,19,21H,3,10,13-14H2,1-2H3. The third-order valence-electron chi connectivity index (χ3n) is 3.91. The zero-order chi connectivity index (χ0) is 15.1. The Balaban J connectivity index is 1.95. The number of benzene rings is 2. The molecule has 2 rings (SSSR count). The Hall–Kier alpha value is -0.870. The molecule has 1 nitrogen and oxygen atoms in total. The van der Waals surface area contributed by atoms with Crippen molar-refractivity contribution in [3.8, 4) is 0 Å². The fourth-order valence-electron chi connectivity index (χ4n) is 2.69. The Morgan fingerprint density at radius 1 is 1.05 bits per heavy atom. The van der Waals surface area contributed by atoms with E-state index in [4.69, 9.17) is 0 Å². The van der Waals surface area contributed by atoms with Crippen molar-refractivity contribution in [2.45, 2.75) is 39.2 Å². The number of rotatable bonds is 7. The molecule has 1 unspecified atom stereocenters. The molecule has 1 atom stereocenters. The molecule has 1 N–H and O–H groups in total. The van der Waals surface area contributed by atoms with E-state index in [1.807, 2.05) is 0 Å². The molecule has 2 aromatic carbocycles. The lowest BCUT2D eigenvalue weighted by Gasteiger charge is -2.18. The summed E-state index contributed by atoms with van der Waals surface area (Å²) in [6, 6.07) is 18.2. The first-order chi connectivity index (χ1) is 10.2. The van der Waals surface area contributed by atoms with Crippen LogP contribution in [-0.2, 0) is 12.8 Å². The first-order valence-corrected chi connectivity index (χ1v) is 8.79. The van der Waals surface area contributed by atoms with E-state index in [1.54, 1.807) is 0 Å². The fraction of sp³-hybridized carbons (Fsp3) is 0.368. The van der Waals surface area contributed by atoms with Gasteiger partial charge in [0.25, 0.3) is 0 Å². The van der Waals surface area contributed by atoms with Gasteiger partial charge in [-0.3, -0.25) is 0 Å². The lowest BCUT2D eigenvalue weighted by atomic mass is 9.97. The first-order valence-electron chi connectivity index (χ1n) is 7.71. The van der Waals surface area contributed by atoms with Gasteiger partial charge in [-0.15, -0.1) is 0 Å². The molecule has 0 spiro atoms. The van der Waals surface area contributed by atoms with Crippen LogP contribution >= 0.6 is 22.6 Å². The number of hydrogen-bond acceptors (Lipinski definition) is 1. The van der Waals surface area contributed by atoms with Crippen molar-refractivity contribution in [3.05, 3.63) is 68.8 Å². The molecule has 21 heavy (non-hydrogen) atoms. The summed E-state index contributed by atoms with van der Waals surface area (Å²) in [7, 11) is 0. The summed E-state index contributed by atoms with van der Waals surface area (Å²) in [5.41, 5.74) is 4.30. The second-order valence-corrected chi connectivity index (χ2v) is 6.80. The van der Waals surface area contributed by atoms with Crippen LogP contribution in [0, 0.1) is 10.5 Å².